The second-order valence-corrected chi connectivity index (χ2v) is 7.76. The molecule has 0 unspecified atom stereocenters. The van der Waals surface area contributed by atoms with Crippen molar-refractivity contribution >= 4 is 5.91 Å². The van der Waals surface area contributed by atoms with Crippen molar-refractivity contribution in [2.24, 2.45) is 0 Å². The summed E-state index contributed by atoms with van der Waals surface area (Å²) in [6.45, 7) is 5.93. The Kier molecular flexibility index (Phi) is 6.80. The van der Waals surface area contributed by atoms with Crippen molar-refractivity contribution in [1.82, 2.24) is 10.2 Å². The van der Waals surface area contributed by atoms with Gasteiger partial charge in [0.15, 0.2) is 6.61 Å². The zero-order valence-corrected chi connectivity index (χ0v) is 17.7. The van der Waals surface area contributed by atoms with Crippen LogP contribution in [0.1, 0.15) is 28.3 Å². The van der Waals surface area contributed by atoms with Gasteiger partial charge in [-0.1, -0.05) is 72.8 Å². The van der Waals surface area contributed by atoms with Crippen LogP contribution in [0, 0.1) is 0 Å². The average molecular weight is 413 g/mol. The number of amides is 1. The predicted octanol–water partition coefficient (Wildman–Crippen LogP) is 4.52. The second-order valence-electron chi connectivity index (χ2n) is 7.76. The first kappa shape index (κ1) is 20.9. The summed E-state index contributed by atoms with van der Waals surface area (Å²) in [5.41, 5.74) is 5.15. The van der Waals surface area contributed by atoms with Gasteiger partial charge in [-0.15, -0.1) is 6.58 Å². The number of hydrogen-bond donors (Lipinski definition) is 1. The molecule has 1 atom stereocenters. The Morgan fingerprint density at radius 2 is 1.81 bits per heavy atom. The van der Waals surface area contributed by atoms with Crippen LogP contribution in [0.2, 0.25) is 0 Å². The lowest BCUT2D eigenvalue weighted by molar-refractivity contribution is -0.122. The fourth-order valence-electron chi connectivity index (χ4n) is 4.13. The van der Waals surface area contributed by atoms with Crippen molar-refractivity contribution in [2.45, 2.75) is 19.0 Å². The van der Waals surface area contributed by atoms with Gasteiger partial charge in [-0.25, -0.2) is 0 Å². The third-order valence-corrected chi connectivity index (χ3v) is 5.60. The highest BCUT2D eigenvalue weighted by Gasteiger charge is 2.29. The van der Waals surface area contributed by atoms with E-state index in [9.17, 15) is 4.79 Å². The number of benzene rings is 3. The van der Waals surface area contributed by atoms with Gasteiger partial charge in [-0.3, -0.25) is 9.69 Å². The summed E-state index contributed by atoms with van der Waals surface area (Å²) in [6.07, 6.45) is 2.65. The van der Waals surface area contributed by atoms with Crippen LogP contribution in [-0.4, -0.2) is 30.5 Å². The Bertz CT molecular complexity index is 1020. The lowest BCUT2D eigenvalue weighted by Crippen LogP contribution is -2.35. The lowest BCUT2D eigenvalue weighted by atomic mass is 9.87. The summed E-state index contributed by atoms with van der Waals surface area (Å²) >= 11 is 0. The fraction of sp³-hybridized carbons (Fsp3) is 0.222. The molecule has 0 saturated heterocycles. The van der Waals surface area contributed by atoms with Gasteiger partial charge in [0.2, 0.25) is 0 Å². The number of nitrogens with zero attached hydrogens (tertiary/aromatic N) is 1. The highest BCUT2D eigenvalue weighted by Crippen LogP contribution is 2.37. The Balaban J connectivity index is 1.61. The number of ether oxygens (including phenoxy) is 1. The predicted molar refractivity (Wildman–Crippen MR) is 124 cm³/mol. The number of fused-ring (bicyclic) bond motifs is 1. The molecule has 0 aromatic heterocycles. The Morgan fingerprint density at radius 3 is 2.55 bits per heavy atom. The Morgan fingerprint density at radius 1 is 1.06 bits per heavy atom. The third-order valence-electron chi connectivity index (χ3n) is 5.60. The maximum absolute atomic E-state index is 11.9. The fourth-order valence-corrected chi connectivity index (χ4v) is 4.13. The summed E-state index contributed by atoms with van der Waals surface area (Å²) in [6, 6.07) is 27.6. The highest BCUT2D eigenvalue weighted by atomic mass is 16.5. The van der Waals surface area contributed by atoms with Crippen LogP contribution in [0.25, 0.3) is 0 Å². The van der Waals surface area contributed by atoms with Crippen LogP contribution < -0.4 is 10.1 Å². The van der Waals surface area contributed by atoms with Crippen LogP contribution in [0.4, 0.5) is 0 Å². The zero-order valence-electron chi connectivity index (χ0n) is 17.7. The smallest absolute Gasteiger partial charge is 0.258 e. The minimum absolute atomic E-state index is 0.00361. The molecular weight excluding hydrogens is 384 g/mol. The van der Waals surface area contributed by atoms with E-state index in [1.54, 1.807) is 6.08 Å². The maximum atomic E-state index is 11.9. The number of nitrogens with one attached hydrogen (secondary N) is 1. The highest BCUT2D eigenvalue weighted by molar-refractivity contribution is 5.77. The molecule has 0 fully saturated rings. The van der Waals surface area contributed by atoms with Crippen molar-refractivity contribution in [1.29, 1.82) is 0 Å². The second kappa shape index (κ2) is 10.1. The summed E-state index contributed by atoms with van der Waals surface area (Å²) in [7, 11) is 0. The summed E-state index contributed by atoms with van der Waals surface area (Å²) < 4.78 is 5.80. The van der Waals surface area contributed by atoms with Crippen molar-refractivity contribution in [3.63, 3.8) is 0 Å². The van der Waals surface area contributed by atoms with E-state index in [4.69, 9.17) is 4.74 Å². The van der Waals surface area contributed by atoms with Gasteiger partial charge >= 0.3 is 0 Å². The van der Waals surface area contributed by atoms with E-state index in [0.29, 0.717) is 6.54 Å². The van der Waals surface area contributed by atoms with Crippen molar-refractivity contribution in [3.05, 3.63) is 114 Å². The average Bonchev–Trinajstić information content (AvgIpc) is 2.82. The van der Waals surface area contributed by atoms with E-state index in [-0.39, 0.29) is 18.6 Å². The summed E-state index contributed by atoms with van der Waals surface area (Å²) in [4.78, 5) is 14.4. The number of carbonyl (C=O) groups is 1. The first-order valence-electron chi connectivity index (χ1n) is 10.7. The molecule has 1 aliphatic rings. The molecule has 3 aromatic rings. The third kappa shape index (κ3) is 5.22. The molecule has 1 aliphatic heterocycles. The topological polar surface area (TPSA) is 41.6 Å². The maximum Gasteiger partial charge on any atom is 0.258 e. The molecule has 0 spiro atoms. The molecule has 1 amide bonds. The molecular formula is C27H28N2O2. The lowest BCUT2D eigenvalue weighted by Gasteiger charge is -2.38. The quantitative estimate of drug-likeness (QED) is 0.553. The van der Waals surface area contributed by atoms with Gasteiger partial charge in [-0.2, -0.15) is 0 Å². The molecule has 0 saturated carbocycles. The van der Waals surface area contributed by atoms with E-state index >= 15 is 0 Å². The Labute approximate surface area is 184 Å². The minimum Gasteiger partial charge on any atom is -0.484 e. The largest absolute Gasteiger partial charge is 0.484 e. The van der Waals surface area contributed by atoms with Gasteiger partial charge < -0.3 is 10.1 Å². The molecule has 1 heterocycles. The zero-order chi connectivity index (χ0) is 21.5. The minimum atomic E-state index is -0.150. The van der Waals surface area contributed by atoms with E-state index in [2.05, 4.69) is 89.6 Å². The van der Waals surface area contributed by atoms with Gasteiger partial charge in [0.1, 0.15) is 5.75 Å². The molecule has 4 rings (SSSR count). The van der Waals surface area contributed by atoms with Crippen molar-refractivity contribution < 1.29 is 9.53 Å². The molecule has 1 N–H and O–H groups in total. The molecule has 0 bridgehead atoms. The Hall–Kier alpha value is -3.37. The number of rotatable bonds is 8. The van der Waals surface area contributed by atoms with Crippen LogP contribution in [0.3, 0.4) is 0 Å². The van der Waals surface area contributed by atoms with Crippen LogP contribution >= 0.6 is 0 Å². The van der Waals surface area contributed by atoms with Crippen molar-refractivity contribution in [2.75, 3.05) is 19.7 Å². The van der Waals surface area contributed by atoms with E-state index in [0.717, 1.165) is 25.3 Å². The van der Waals surface area contributed by atoms with Crippen LogP contribution in [-0.2, 0) is 17.8 Å². The molecule has 158 valence electrons. The van der Waals surface area contributed by atoms with Gasteiger partial charge in [0.05, 0.1) is 6.04 Å². The summed E-state index contributed by atoms with van der Waals surface area (Å²) in [5, 5.41) is 2.74. The number of hydrogen-bond acceptors (Lipinski definition) is 3. The van der Waals surface area contributed by atoms with Crippen LogP contribution in [0.5, 0.6) is 5.75 Å². The first-order chi connectivity index (χ1) is 15.2. The van der Waals surface area contributed by atoms with Gasteiger partial charge in [-0.05, 0) is 40.8 Å². The molecule has 0 aliphatic carbocycles. The molecule has 4 nitrogen and oxygen atoms in total. The normalized spacial score (nSPS) is 15.7. The SMILES string of the molecule is C=CCNC(=O)COc1ccc2c(c1)[C@H](c1ccccc1)N(Cc1ccccc1)CC2. The standard InChI is InChI=1S/C27H28N2O2/c1-2-16-28-26(30)20-31-24-14-13-22-15-17-29(19-21-9-5-3-6-10-21)27(25(22)18-24)23-11-7-4-8-12-23/h2-14,18,27H,1,15-17,19-20H2,(H,28,30)/t27-/m0/s1. The van der Waals surface area contributed by atoms with E-state index < -0.39 is 0 Å². The van der Waals surface area contributed by atoms with Crippen LogP contribution in [0.15, 0.2) is 91.5 Å². The summed E-state index contributed by atoms with van der Waals surface area (Å²) in [5.74, 6) is 0.568. The molecule has 0 radical (unpaired) electrons. The molecule has 31 heavy (non-hydrogen) atoms. The molecule has 4 heteroatoms. The first-order valence-corrected chi connectivity index (χ1v) is 10.7. The van der Waals surface area contributed by atoms with E-state index in [1.165, 1.54) is 22.3 Å². The monoisotopic (exact) mass is 412 g/mol. The molecule has 3 aromatic carbocycles. The van der Waals surface area contributed by atoms with Gasteiger partial charge in [0, 0.05) is 19.6 Å². The number of carbonyl (C=O) groups excluding carboxylic acids is 1. The van der Waals surface area contributed by atoms with Crippen molar-refractivity contribution in [3.8, 4) is 5.75 Å². The van der Waals surface area contributed by atoms with Gasteiger partial charge in [0.25, 0.3) is 5.91 Å². The van der Waals surface area contributed by atoms with E-state index in [1.807, 2.05) is 6.07 Å².